The van der Waals surface area contributed by atoms with Crippen LogP contribution < -0.4 is 4.74 Å². The molecule has 0 spiro atoms. The van der Waals surface area contributed by atoms with Gasteiger partial charge in [-0.15, -0.1) is 0 Å². The number of rotatable bonds is 9. The first kappa shape index (κ1) is 26.7. The van der Waals surface area contributed by atoms with Crippen molar-refractivity contribution in [2.45, 2.75) is 19.9 Å². The third-order valence-electron chi connectivity index (χ3n) is 6.10. The molecule has 1 aliphatic heterocycles. The number of fused-ring (bicyclic) bond motifs is 1. The molecule has 0 amide bonds. The number of esters is 1. The molecule has 0 fully saturated rings. The van der Waals surface area contributed by atoms with E-state index in [1.165, 1.54) is 11.8 Å². The number of ether oxygens (including phenoxy) is 2. The lowest BCUT2D eigenvalue weighted by molar-refractivity contribution is -0.138. The van der Waals surface area contributed by atoms with E-state index in [-0.39, 0.29) is 17.9 Å². The lowest BCUT2D eigenvalue weighted by Gasteiger charge is -2.09. The molecule has 0 saturated heterocycles. The number of nitrogens with zero attached hydrogens (tertiary/aromatic N) is 2. The van der Waals surface area contributed by atoms with Gasteiger partial charge in [-0.2, -0.15) is 0 Å². The summed E-state index contributed by atoms with van der Waals surface area (Å²) in [4.78, 5) is 17.9. The first-order valence-corrected chi connectivity index (χ1v) is 13.8. The van der Waals surface area contributed by atoms with Gasteiger partial charge < -0.3 is 19.1 Å². The molecule has 0 atom stereocenters. The summed E-state index contributed by atoms with van der Waals surface area (Å²) in [6.07, 6.45) is 4.73. The van der Waals surface area contributed by atoms with Crippen LogP contribution in [0.3, 0.4) is 0 Å². The Balaban J connectivity index is 1.42. The average molecular weight is 559 g/mol. The number of aliphatic hydroxyl groups is 1. The molecule has 2 heterocycles. The Kier molecular flexibility index (Phi) is 8.39. The van der Waals surface area contributed by atoms with Gasteiger partial charge in [-0.1, -0.05) is 71.9 Å². The minimum atomic E-state index is -0.596. The highest BCUT2D eigenvalue weighted by Gasteiger charge is 2.33. The van der Waals surface area contributed by atoms with Crippen molar-refractivity contribution in [3.05, 3.63) is 112 Å². The summed E-state index contributed by atoms with van der Waals surface area (Å²) in [6.45, 7) is 3.19. The number of aromatic nitrogens is 1. The number of aliphatic imine (C=N–C) groups is 1. The minimum Gasteiger partial charge on any atom is -0.506 e. The molecule has 39 heavy (non-hydrogen) atoms. The number of para-hydroxylation sites is 3. The maximum Gasteiger partial charge on any atom is 0.344 e. The summed E-state index contributed by atoms with van der Waals surface area (Å²) in [7, 11) is 0. The number of thioether (sulfide) groups is 1. The van der Waals surface area contributed by atoms with Crippen LogP contribution in [-0.2, 0) is 16.1 Å². The fourth-order valence-electron chi connectivity index (χ4n) is 4.31. The Bertz CT molecular complexity index is 1590. The molecule has 0 unspecified atom stereocenters. The van der Waals surface area contributed by atoms with Gasteiger partial charge in [0.1, 0.15) is 22.1 Å². The first-order chi connectivity index (χ1) is 19.0. The van der Waals surface area contributed by atoms with E-state index in [4.69, 9.17) is 21.1 Å². The summed E-state index contributed by atoms with van der Waals surface area (Å²) in [5.41, 5.74) is 2.76. The van der Waals surface area contributed by atoms with Crippen LogP contribution in [0.15, 0.2) is 106 Å². The van der Waals surface area contributed by atoms with Crippen molar-refractivity contribution in [1.82, 2.24) is 4.57 Å². The van der Waals surface area contributed by atoms with E-state index in [9.17, 15) is 9.90 Å². The summed E-state index contributed by atoms with van der Waals surface area (Å²) < 4.78 is 13.3. The van der Waals surface area contributed by atoms with Crippen molar-refractivity contribution in [2.75, 3.05) is 13.2 Å². The maximum absolute atomic E-state index is 12.8. The predicted molar refractivity (Wildman–Crippen MR) is 159 cm³/mol. The van der Waals surface area contributed by atoms with Crippen molar-refractivity contribution >= 4 is 57.0 Å². The van der Waals surface area contributed by atoms with E-state index in [2.05, 4.69) is 21.8 Å². The smallest absolute Gasteiger partial charge is 0.344 e. The Morgan fingerprint density at radius 2 is 1.79 bits per heavy atom. The van der Waals surface area contributed by atoms with E-state index in [1.807, 2.05) is 78.9 Å². The van der Waals surface area contributed by atoms with Gasteiger partial charge in [0.2, 0.25) is 0 Å². The number of aliphatic hydroxyl groups excluding tert-OH is 1. The zero-order valence-corrected chi connectivity index (χ0v) is 22.9. The second-order valence-corrected chi connectivity index (χ2v) is 10.2. The quantitative estimate of drug-likeness (QED) is 0.167. The van der Waals surface area contributed by atoms with Crippen molar-refractivity contribution in [2.24, 2.45) is 4.99 Å². The van der Waals surface area contributed by atoms with Crippen LogP contribution in [0.1, 0.15) is 18.9 Å². The van der Waals surface area contributed by atoms with E-state index >= 15 is 0 Å². The van der Waals surface area contributed by atoms with Crippen molar-refractivity contribution < 1.29 is 19.4 Å². The molecular weight excluding hydrogens is 532 g/mol. The summed E-state index contributed by atoms with van der Waals surface area (Å²) in [6, 6.07) is 24.9. The van der Waals surface area contributed by atoms with Gasteiger partial charge in [0.25, 0.3) is 0 Å². The minimum absolute atomic E-state index is 0.0809. The van der Waals surface area contributed by atoms with E-state index in [1.54, 1.807) is 6.92 Å². The third-order valence-corrected chi connectivity index (χ3v) is 7.43. The number of hydrogen-bond donors (Lipinski definition) is 1. The van der Waals surface area contributed by atoms with Crippen molar-refractivity contribution in [1.29, 1.82) is 0 Å². The normalized spacial score (nSPS) is 15.4. The largest absolute Gasteiger partial charge is 0.506 e. The molecule has 5 rings (SSSR count). The molecule has 6 nitrogen and oxygen atoms in total. The van der Waals surface area contributed by atoms with Crippen LogP contribution in [0.25, 0.3) is 17.0 Å². The van der Waals surface area contributed by atoms with Crippen LogP contribution in [-0.4, -0.2) is 33.9 Å². The van der Waals surface area contributed by atoms with Crippen LogP contribution in [0.5, 0.6) is 5.75 Å². The van der Waals surface area contributed by atoms with Crippen LogP contribution in [0.4, 0.5) is 5.69 Å². The van der Waals surface area contributed by atoms with Gasteiger partial charge in [-0.3, -0.25) is 0 Å². The Morgan fingerprint density at radius 1 is 1.05 bits per heavy atom. The summed E-state index contributed by atoms with van der Waals surface area (Å²) in [5.74, 6) is -0.0486. The number of carbonyl (C=O) groups is 1. The average Bonchev–Trinajstić information content (AvgIpc) is 3.45. The number of carbonyl (C=O) groups excluding carboxylic acids is 1. The number of halogens is 1. The van der Waals surface area contributed by atoms with Crippen LogP contribution in [0, 0.1) is 0 Å². The Morgan fingerprint density at radius 3 is 2.59 bits per heavy atom. The Hall–Kier alpha value is -3.94. The van der Waals surface area contributed by atoms with Crippen molar-refractivity contribution in [3.63, 3.8) is 0 Å². The number of hydrogen-bond acceptors (Lipinski definition) is 6. The maximum atomic E-state index is 12.8. The zero-order valence-electron chi connectivity index (χ0n) is 21.3. The first-order valence-electron chi connectivity index (χ1n) is 12.6. The number of aryl methyl sites for hydroxylation is 1. The molecule has 8 heteroatoms. The summed E-state index contributed by atoms with van der Waals surface area (Å²) in [5, 5.41) is 13.2. The third kappa shape index (κ3) is 6.05. The van der Waals surface area contributed by atoms with Gasteiger partial charge in [-0.05, 0) is 49.8 Å². The van der Waals surface area contributed by atoms with E-state index < -0.39 is 5.97 Å². The molecule has 1 aromatic heterocycles. The molecule has 198 valence electrons. The van der Waals surface area contributed by atoms with Crippen molar-refractivity contribution in [3.8, 4) is 5.75 Å². The molecule has 0 aliphatic carbocycles. The van der Waals surface area contributed by atoms with Crippen LogP contribution >= 0.6 is 23.4 Å². The Labute approximate surface area is 236 Å². The number of benzene rings is 3. The van der Waals surface area contributed by atoms with E-state index in [0.29, 0.717) is 33.0 Å². The van der Waals surface area contributed by atoms with Gasteiger partial charge in [0.15, 0.2) is 0 Å². The SMILES string of the molecule is CCOC(=O)C1=C(O)/C(=C/c2cn(CCCOc3ccccc3Cl)c3ccccc23)SC1=Nc1ccccc1. The fourth-order valence-corrected chi connectivity index (χ4v) is 5.52. The van der Waals surface area contributed by atoms with Gasteiger partial charge >= 0.3 is 5.97 Å². The van der Waals surface area contributed by atoms with Gasteiger partial charge in [0, 0.05) is 29.2 Å². The molecule has 0 saturated carbocycles. The lowest BCUT2D eigenvalue weighted by atomic mass is 10.1. The molecule has 3 aromatic carbocycles. The second kappa shape index (κ2) is 12.3. The highest BCUT2D eigenvalue weighted by atomic mass is 35.5. The molecular formula is C31H27ClN2O4S. The molecule has 0 radical (unpaired) electrons. The fraction of sp³-hybridized carbons (Fsp3) is 0.161. The van der Waals surface area contributed by atoms with Gasteiger partial charge in [-0.25, -0.2) is 9.79 Å². The molecule has 1 aliphatic rings. The molecule has 0 bridgehead atoms. The molecule has 4 aromatic rings. The monoisotopic (exact) mass is 558 g/mol. The summed E-state index contributed by atoms with van der Waals surface area (Å²) >= 11 is 7.45. The van der Waals surface area contributed by atoms with E-state index in [0.717, 1.165) is 29.4 Å². The molecule has 1 N–H and O–H groups in total. The lowest BCUT2D eigenvalue weighted by Crippen LogP contribution is -2.12. The topological polar surface area (TPSA) is 73.0 Å². The zero-order chi connectivity index (χ0) is 27.2. The standard InChI is InChI=1S/C31H27ClN2O4S/c1-2-37-31(36)28-29(35)27(39-30(28)33-22-11-4-3-5-12-22)19-21-20-34(25-15-8-6-13-23(21)25)17-10-18-38-26-16-9-7-14-24(26)32/h3-9,11-16,19-20,35H,2,10,17-18H2,1H3/b27-19-,33-30?. The van der Waals surface area contributed by atoms with Crippen LogP contribution in [0.2, 0.25) is 5.02 Å². The van der Waals surface area contributed by atoms with Gasteiger partial charge in [0.05, 0.1) is 28.8 Å². The highest BCUT2D eigenvalue weighted by molar-refractivity contribution is 8.18. The highest BCUT2D eigenvalue weighted by Crippen LogP contribution is 2.41. The predicted octanol–water partition coefficient (Wildman–Crippen LogP) is 7.96. The second-order valence-electron chi connectivity index (χ2n) is 8.73.